The van der Waals surface area contributed by atoms with Crippen LogP contribution in [0, 0.1) is 0 Å². The van der Waals surface area contributed by atoms with Gasteiger partial charge in [0.15, 0.2) is 11.0 Å². The third kappa shape index (κ3) is 5.09. The Morgan fingerprint density at radius 3 is 2.52 bits per heavy atom. The molecule has 2 N–H and O–H groups in total. The minimum atomic E-state index is -1.10. The summed E-state index contributed by atoms with van der Waals surface area (Å²) in [5, 5.41) is 21.6. The van der Waals surface area contributed by atoms with E-state index in [1.54, 1.807) is 12.1 Å². The average molecular weight is 451 g/mol. The van der Waals surface area contributed by atoms with Crippen molar-refractivity contribution >= 4 is 52.5 Å². The molecular weight excluding hydrogens is 435 g/mol. The summed E-state index contributed by atoms with van der Waals surface area (Å²) in [5.41, 5.74) is 1.16. The number of hydrogen-bond donors (Lipinski definition) is 2. The normalized spacial score (nSPS) is 10.7. The SMILES string of the molecule is CCn1c(SCC(=O)Nc2cc(C(=O)O)ccc2Cl)nnc1-c1ccc(Cl)cc1. The molecule has 3 aromatic rings. The number of halogens is 2. The molecule has 0 atom stereocenters. The first-order valence-corrected chi connectivity index (χ1v) is 10.3. The number of carboxylic acid groups (broad SMARTS) is 1. The van der Waals surface area contributed by atoms with Gasteiger partial charge in [-0.2, -0.15) is 0 Å². The van der Waals surface area contributed by atoms with Gasteiger partial charge in [-0.1, -0.05) is 35.0 Å². The van der Waals surface area contributed by atoms with E-state index in [-0.39, 0.29) is 27.9 Å². The Balaban J connectivity index is 1.70. The number of carbonyl (C=O) groups excluding carboxylic acids is 1. The molecule has 0 aliphatic carbocycles. The van der Waals surface area contributed by atoms with E-state index in [4.69, 9.17) is 28.3 Å². The maximum absolute atomic E-state index is 12.3. The number of benzene rings is 2. The first-order valence-electron chi connectivity index (χ1n) is 8.53. The standard InChI is InChI=1S/C19H16Cl2N4O3S/c1-2-25-17(11-3-6-13(20)7-4-11)23-24-19(25)29-10-16(26)22-15-9-12(18(27)28)5-8-14(15)21/h3-9H,2,10H2,1H3,(H,22,26)(H,27,28). The number of aromatic carboxylic acids is 1. The van der Waals surface area contributed by atoms with Crippen molar-refractivity contribution in [3.05, 3.63) is 58.1 Å². The maximum atomic E-state index is 12.3. The molecule has 0 aliphatic rings. The van der Waals surface area contributed by atoms with Crippen LogP contribution in [-0.2, 0) is 11.3 Å². The lowest BCUT2D eigenvalue weighted by atomic mass is 10.2. The molecule has 2 aromatic carbocycles. The van der Waals surface area contributed by atoms with Gasteiger partial charge in [0, 0.05) is 17.1 Å². The molecule has 0 bridgehead atoms. The number of nitrogens with zero attached hydrogens (tertiary/aromatic N) is 3. The van der Waals surface area contributed by atoms with Gasteiger partial charge in [0.25, 0.3) is 0 Å². The second-order valence-electron chi connectivity index (χ2n) is 5.89. The molecular formula is C19H16Cl2N4O3S. The highest BCUT2D eigenvalue weighted by atomic mass is 35.5. The molecule has 29 heavy (non-hydrogen) atoms. The Labute approximate surface area is 181 Å². The van der Waals surface area contributed by atoms with E-state index in [9.17, 15) is 9.59 Å². The fourth-order valence-corrected chi connectivity index (χ4v) is 3.66. The zero-order chi connectivity index (χ0) is 21.0. The lowest BCUT2D eigenvalue weighted by molar-refractivity contribution is -0.113. The van der Waals surface area contributed by atoms with Crippen molar-refractivity contribution in [2.24, 2.45) is 0 Å². The lowest BCUT2D eigenvalue weighted by Crippen LogP contribution is -2.15. The number of aromatic nitrogens is 3. The second-order valence-corrected chi connectivity index (χ2v) is 7.68. The minimum Gasteiger partial charge on any atom is -0.478 e. The number of nitrogens with one attached hydrogen (secondary N) is 1. The van der Waals surface area contributed by atoms with Crippen molar-refractivity contribution in [3.8, 4) is 11.4 Å². The average Bonchev–Trinajstić information content (AvgIpc) is 3.11. The molecule has 3 rings (SSSR count). The quantitative estimate of drug-likeness (QED) is 0.506. The van der Waals surface area contributed by atoms with Crippen molar-refractivity contribution in [1.29, 1.82) is 0 Å². The number of carbonyl (C=O) groups is 2. The second kappa shape index (κ2) is 9.30. The third-order valence-corrected chi connectivity index (χ3v) is 5.50. The number of anilines is 1. The summed E-state index contributed by atoms with van der Waals surface area (Å²) in [6.07, 6.45) is 0. The summed E-state index contributed by atoms with van der Waals surface area (Å²) in [5.74, 6) is -0.688. The highest BCUT2D eigenvalue weighted by Gasteiger charge is 2.16. The summed E-state index contributed by atoms with van der Waals surface area (Å²) in [6, 6.07) is 11.4. The van der Waals surface area contributed by atoms with Crippen LogP contribution in [0.15, 0.2) is 47.6 Å². The predicted molar refractivity (Wildman–Crippen MR) is 114 cm³/mol. The van der Waals surface area contributed by atoms with Crippen molar-refractivity contribution in [1.82, 2.24) is 14.8 Å². The van der Waals surface area contributed by atoms with Gasteiger partial charge in [-0.05, 0) is 49.4 Å². The first-order chi connectivity index (χ1) is 13.9. The molecule has 0 spiro atoms. The van der Waals surface area contributed by atoms with Crippen LogP contribution in [0.2, 0.25) is 10.0 Å². The molecule has 0 radical (unpaired) electrons. The van der Waals surface area contributed by atoms with Crippen LogP contribution < -0.4 is 5.32 Å². The van der Waals surface area contributed by atoms with Crippen LogP contribution in [0.1, 0.15) is 17.3 Å². The summed E-state index contributed by atoms with van der Waals surface area (Å²) in [6.45, 7) is 2.59. The summed E-state index contributed by atoms with van der Waals surface area (Å²) < 4.78 is 1.90. The molecule has 0 fully saturated rings. The number of rotatable bonds is 7. The molecule has 10 heteroatoms. The Bertz CT molecular complexity index is 1050. The van der Waals surface area contributed by atoms with Gasteiger partial charge in [0.1, 0.15) is 0 Å². The maximum Gasteiger partial charge on any atom is 0.335 e. The zero-order valence-electron chi connectivity index (χ0n) is 15.2. The van der Waals surface area contributed by atoms with Crippen molar-refractivity contribution in [2.45, 2.75) is 18.6 Å². The fourth-order valence-electron chi connectivity index (χ4n) is 2.56. The highest BCUT2D eigenvalue weighted by molar-refractivity contribution is 7.99. The van der Waals surface area contributed by atoms with Crippen LogP contribution >= 0.6 is 35.0 Å². The first kappa shape index (κ1) is 21.2. The van der Waals surface area contributed by atoms with Gasteiger partial charge in [-0.15, -0.1) is 10.2 Å². The molecule has 1 aromatic heterocycles. The van der Waals surface area contributed by atoms with E-state index in [2.05, 4.69) is 15.5 Å². The van der Waals surface area contributed by atoms with Gasteiger partial charge in [-0.3, -0.25) is 4.79 Å². The van der Waals surface area contributed by atoms with E-state index in [0.717, 1.165) is 5.56 Å². The Morgan fingerprint density at radius 2 is 1.86 bits per heavy atom. The zero-order valence-corrected chi connectivity index (χ0v) is 17.6. The van der Waals surface area contributed by atoms with E-state index in [1.807, 2.05) is 23.6 Å². The number of hydrogen-bond acceptors (Lipinski definition) is 5. The molecule has 1 amide bonds. The Hall–Kier alpha value is -2.55. The Morgan fingerprint density at radius 1 is 1.14 bits per heavy atom. The molecule has 7 nitrogen and oxygen atoms in total. The van der Waals surface area contributed by atoms with Crippen LogP contribution in [0.4, 0.5) is 5.69 Å². The van der Waals surface area contributed by atoms with E-state index < -0.39 is 5.97 Å². The molecule has 1 heterocycles. The van der Waals surface area contributed by atoms with Crippen LogP contribution in [0.5, 0.6) is 0 Å². The van der Waals surface area contributed by atoms with Crippen LogP contribution in [-0.4, -0.2) is 37.5 Å². The van der Waals surface area contributed by atoms with Gasteiger partial charge < -0.3 is 15.0 Å². The van der Waals surface area contributed by atoms with Crippen molar-refractivity contribution in [3.63, 3.8) is 0 Å². The summed E-state index contributed by atoms with van der Waals surface area (Å²) in [4.78, 5) is 23.4. The molecule has 150 valence electrons. The van der Waals surface area contributed by atoms with Gasteiger partial charge in [0.05, 0.1) is 22.0 Å². The largest absolute Gasteiger partial charge is 0.478 e. The van der Waals surface area contributed by atoms with Crippen molar-refractivity contribution < 1.29 is 14.7 Å². The van der Waals surface area contributed by atoms with Gasteiger partial charge in [-0.25, -0.2) is 4.79 Å². The highest BCUT2D eigenvalue weighted by Crippen LogP contribution is 2.26. The van der Waals surface area contributed by atoms with Crippen LogP contribution in [0.25, 0.3) is 11.4 Å². The number of thioether (sulfide) groups is 1. The lowest BCUT2D eigenvalue weighted by Gasteiger charge is -2.09. The van der Waals surface area contributed by atoms with Gasteiger partial charge in [0.2, 0.25) is 5.91 Å². The van der Waals surface area contributed by atoms with E-state index in [0.29, 0.717) is 22.5 Å². The topological polar surface area (TPSA) is 97.1 Å². The van der Waals surface area contributed by atoms with E-state index in [1.165, 1.54) is 30.0 Å². The predicted octanol–water partition coefficient (Wildman–Crippen LogP) is 4.70. The number of carboxylic acids is 1. The summed E-state index contributed by atoms with van der Waals surface area (Å²) >= 11 is 13.2. The monoisotopic (exact) mass is 450 g/mol. The summed E-state index contributed by atoms with van der Waals surface area (Å²) in [7, 11) is 0. The Kier molecular flexibility index (Phi) is 6.79. The smallest absolute Gasteiger partial charge is 0.335 e. The third-order valence-electron chi connectivity index (χ3n) is 3.96. The molecule has 0 saturated heterocycles. The molecule has 0 unspecified atom stereocenters. The fraction of sp³-hybridized carbons (Fsp3) is 0.158. The molecule has 0 saturated carbocycles. The van der Waals surface area contributed by atoms with Gasteiger partial charge >= 0.3 is 5.97 Å². The minimum absolute atomic E-state index is 0.0377. The van der Waals surface area contributed by atoms with Crippen LogP contribution in [0.3, 0.4) is 0 Å². The van der Waals surface area contributed by atoms with Crippen molar-refractivity contribution in [2.75, 3.05) is 11.1 Å². The van der Waals surface area contributed by atoms with E-state index >= 15 is 0 Å². The molecule has 0 aliphatic heterocycles. The number of amides is 1.